The fourth-order valence-corrected chi connectivity index (χ4v) is 3.99. The molecule has 3 rings (SSSR count). The highest BCUT2D eigenvalue weighted by atomic mass is 16.7. The van der Waals surface area contributed by atoms with Crippen LogP contribution in [0.3, 0.4) is 0 Å². The van der Waals surface area contributed by atoms with E-state index < -0.39 is 17.5 Å². The van der Waals surface area contributed by atoms with Gasteiger partial charge in [0, 0.05) is 5.92 Å². The summed E-state index contributed by atoms with van der Waals surface area (Å²) in [5, 5.41) is 32.1. The van der Waals surface area contributed by atoms with Crippen molar-refractivity contribution in [2.75, 3.05) is 6.61 Å². The van der Waals surface area contributed by atoms with Crippen molar-refractivity contribution in [2.45, 2.75) is 51.1 Å². The molecule has 4 heteroatoms. The number of aliphatic hydroxyl groups excluding tert-OH is 1. The third-order valence-corrected chi connectivity index (χ3v) is 5.07. The molecule has 1 heterocycles. The van der Waals surface area contributed by atoms with E-state index in [1.165, 1.54) is 0 Å². The summed E-state index contributed by atoms with van der Waals surface area (Å²) in [6.45, 7) is 10.1. The topological polar surface area (TPSA) is 69.9 Å². The second kappa shape index (κ2) is 3.50. The number of hydrogen-bond acceptors (Lipinski definition) is 4. The summed E-state index contributed by atoms with van der Waals surface area (Å²) in [7, 11) is 0. The smallest absolute Gasteiger partial charge is 0.230 e. The van der Waals surface area contributed by atoms with Gasteiger partial charge in [0.05, 0.1) is 6.61 Å². The number of ether oxygens (including phenoxy) is 1. The van der Waals surface area contributed by atoms with Gasteiger partial charge in [0.15, 0.2) is 5.60 Å². The molecular weight excluding hydrogens is 244 g/mol. The molecule has 0 radical (unpaired) electrons. The standard InChI is InChI=1S/C15H22O4/c1-8-7-19-15(18)12(16)9(2)10-5-13(3,4)6-11(10)14(8,15)17/h9,12,16-18H,1,5-7H2,2-4H3. The Kier molecular flexibility index (Phi) is 2.45. The number of aliphatic hydroxyl groups is 3. The summed E-state index contributed by atoms with van der Waals surface area (Å²) >= 11 is 0. The van der Waals surface area contributed by atoms with Crippen molar-refractivity contribution >= 4 is 0 Å². The van der Waals surface area contributed by atoms with Crippen LogP contribution in [0.4, 0.5) is 0 Å². The van der Waals surface area contributed by atoms with E-state index in [1.54, 1.807) is 0 Å². The molecule has 0 aromatic heterocycles. The van der Waals surface area contributed by atoms with Crippen LogP contribution in [0.5, 0.6) is 0 Å². The van der Waals surface area contributed by atoms with E-state index in [1.807, 2.05) is 6.92 Å². The molecule has 4 atom stereocenters. The Balaban J connectivity index is 2.21. The predicted octanol–water partition coefficient (Wildman–Crippen LogP) is 1.12. The highest BCUT2D eigenvalue weighted by Gasteiger charge is 2.68. The molecule has 3 N–H and O–H groups in total. The molecule has 2 aliphatic carbocycles. The summed E-state index contributed by atoms with van der Waals surface area (Å²) in [6.07, 6.45) is 0.386. The van der Waals surface area contributed by atoms with Crippen molar-refractivity contribution in [3.05, 3.63) is 23.3 Å². The predicted molar refractivity (Wildman–Crippen MR) is 70.2 cm³/mol. The van der Waals surface area contributed by atoms with Gasteiger partial charge in [-0.3, -0.25) is 0 Å². The Morgan fingerprint density at radius 1 is 1.26 bits per heavy atom. The van der Waals surface area contributed by atoms with Gasteiger partial charge >= 0.3 is 0 Å². The van der Waals surface area contributed by atoms with E-state index in [0.717, 1.165) is 17.6 Å². The van der Waals surface area contributed by atoms with Gasteiger partial charge in [-0.1, -0.05) is 32.9 Å². The Morgan fingerprint density at radius 3 is 2.53 bits per heavy atom. The zero-order valence-corrected chi connectivity index (χ0v) is 11.7. The largest absolute Gasteiger partial charge is 0.387 e. The lowest BCUT2D eigenvalue weighted by atomic mass is 9.68. The first-order valence-corrected chi connectivity index (χ1v) is 6.81. The molecule has 4 nitrogen and oxygen atoms in total. The summed E-state index contributed by atoms with van der Waals surface area (Å²) in [4.78, 5) is 0. The van der Waals surface area contributed by atoms with E-state index in [0.29, 0.717) is 12.0 Å². The molecule has 0 saturated carbocycles. The lowest BCUT2D eigenvalue weighted by molar-refractivity contribution is -0.297. The van der Waals surface area contributed by atoms with Crippen LogP contribution >= 0.6 is 0 Å². The number of hydrogen-bond donors (Lipinski definition) is 3. The molecular formula is C15H22O4. The van der Waals surface area contributed by atoms with E-state index in [9.17, 15) is 15.3 Å². The maximum absolute atomic E-state index is 11.0. The van der Waals surface area contributed by atoms with Crippen LogP contribution in [0, 0.1) is 11.3 Å². The highest BCUT2D eigenvalue weighted by molar-refractivity contribution is 5.49. The van der Waals surface area contributed by atoms with Crippen molar-refractivity contribution in [2.24, 2.45) is 11.3 Å². The number of fused-ring (bicyclic) bond motifs is 2. The van der Waals surface area contributed by atoms with Gasteiger partial charge in [0.25, 0.3) is 0 Å². The molecule has 106 valence electrons. The minimum atomic E-state index is -1.96. The third kappa shape index (κ3) is 1.38. The third-order valence-electron chi connectivity index (χ3n) is 5.07. The first-order valence-electron chi connectivity index (χ1n) is 6.81. The Hall–Kier alpha value is -0.680. The SMILES string of the molecule is C=C1COC2(O)C(O)C(C)C3=C(CC(C)(C)C3)C12O. The van der Waals surface area contributed by atoms with Crippen molar-refractivity contribution in [1.29, 1.82) is 0 Å². The average Bonchev–Trinajstić information content (AvgIpc) is 2.78. The zero-order chi connectivity index (χ0) is 14.2. The molecule has 19 heavy (non-hydrogen) atoms. The minimum Gasteiger partial charge on any atom is -0.387 e. The van der Waals surface area contributed by atoms with Crippen LogP contribution in [0.25, 0.3) is 0 Å². The molecule has 1 aliphatic heterocycles. The molecule has 0 amide bonds. The molecule has 0 aromatic carbocycles. The molecule has 0 aromatic rings. The Bertz CT molecular complexity index is 492. The molecule has 1 fully saturated rings. The van der Waals surface area contributed by atoms with Gasteiger partial charge in [0.2, 0.25) is 5.79 Å². The van der Waals surface area contributed by atoms with Crippen LogP contribution in [-0.2, 0) is 4.74 Å². The van der Waals surface area contributed by atoms with Crippen molar-refractivity contribution in [1.82, 2.24) is 0 Å². The minimum absolute atomic E-state index is 0.0303. The van der Waals surface area contributed by atoms with Crippen molar-refractivity contribution in [3.8, 4) is 0 Å². The van der Waals surface area contributed by atoms with Gasteiger partial charge in [-0.15, -0.1) is 0 Å². The van der Waals surface area contributed by atoms with Gasteiger partial charge in [-0.25, -0.2) is 0 Å². The lowest BCUT2D eigenvalue weighted by Crippen LogP contribution is -2.64. The summed E-state index contributed by atoms with van der Waals surface area (Å²) < 4.78 is 5.34. The highest BCUT2D eigenvalue weighted by Crippen LogP contribution is 2.59. The Morgan fingerprint density at radius 2 is 1.89 bits per heavy atom. The van der Waals surface area contributed by atoms with Crippen LogP contribution in [0.15, 0.2) is 23.3 Å². The van der Waals surface area contributed by atoms with Crippen LogP contribution < -0.4 is 0 Å². The van der Waals surface area contributed by atoms with E-state index >= 15 is 0 Å². The monoisotopic (exact) mass is 266 g/mol. The van der Waals surface area contributed by atoms with Gasteiger partial charge < -0.3 is 20.1 Å². The first-order chi connectivity index (χ1) is 8.63. The molecule has 0 bridgehead atoms. The molecule has 3 aliphatic rings. The quantitative estimate of drug-likeness (QED) is 0.575. The van der Waals surface area contributed by atoms with Crippen LogP contribution in [0.1, 0.15) is 33.6 Å². The van der Waals surface area contributed by atoms with Crippen LogP contribution in [-0.4, -0.2) is 39.4 Å². The fourth-order valence-electron chi connectivity index (χ4n) is 3.99. The van der Waals surface area contributed by atoms with Crippen LogP contribution in [0.2, 0.25) is 0 Å². The van der Waals surface area contributed by atoms with E-state index in [4.69, 9.17) is 4.74 Å². The van der Waals surface area contributed by atoms with E-state index in [2.05, 4.69) is 20.4 Å². The molecule has 1 saturated heterocycles. The van der Waals surface area contributed by atoms with Crippen molar-refractivity contribution < 1.29 is 20.1 Å². The number of rotatable bonds is 0. The van der Waals surface area contributed by atoms with Gasteiger partial charge in [0.1, 0.15) is 6.10 Å². The van der Waals surface area contributed by atoms with Crippen molar-refractivity contribution in [3.63, 3.8) is 0 Å². The normalized spacial score (nSPS) is 48.4. The van der Waals surface area contributed by atoms with Gasteiger partial charge in [-0.2, -0.15) is 0 Å². The summed E-state index contributed by atoms with van der Waals surface area (Å²) in [5.74, 6) is -2.17. The second-order valence-corrected chi connectivity index (χ2v) is 7.05. The molecule has 4 unspecified atom stereocenters. The zero-order valence-electron chi connectivity index (χ0n) is 11.7. The fraction of sp³-hybridized carbons (Fsp3) is 0.733. The molecule has 0 spiro atoms. The average molecular weight is 266 g/mol. The van der Waals surface area contributed by atoms with Gasteiger partial charge in [-0.05, 0) is 29.4 Å². The maximum atomic E-state index is 11.0. The first kappa shape index (κ1) is 13.3. The Labute approximate surface area is 113 Å². The van der Waals surface area contributed by atoms with E-state index in [-0.39, 0.29) is 17.9 Å². The summed E-state index contributed by atoms with van der Waals surface area (Å²) in [5.41, 5.74) is 0.688. The summed E-state index contributed by atoms with van der Waals surface area (Å²) in [6, 6.07) is 0. The second-order valence-electron chi connectivity index (χ2n) is 7.05. The maximum Gasteiger partial charge on any atom is 0.230 e. The lowest BCUT2D eigenvalue weighted by Gasteiger charge is -2.47.